The highest BCUT2D eigenvalue weighted by molar-refractivity contribution is 5.93. The van der Waals surface area contributed by atoms with E-state index in [1.165, 1.54) is 0 Å². The van der Waals surface area contributed by atoms with Crippen molar-refractivity contribution in [2.45, 2.75) is 33.2 Å². The molecule has 0 saturated heterocycles. The van der Waals surface area contributed by atoms with Crippen LogP contribution in [0.2, 0.25) is 0 Å². The first-order valence-electron chi connectivity index (χ1n) is 9.81. The van der Waals surface area contributed by atoms with E-state index in [0.717, 1.165) is 42.1 Å². The van der Waals surface area contributed by atoms with E-state index in [0.29, 0.717) is 38.2 Å². The highest BCUT2D eigenvalue weighted by Gasteiger charge is 2.11. The molecule has 3 rings (SSSR count). The van der Waals surface area contributed by atoms with E-state index in [9.17, 15) is 0 Å². The molecular weight excluding hydrogens is 356 g/mol. The normalized spacial score (nSPS) is 13.6. The molecule has 1 aliphatic rings. The zero-order valence-corrected chi connectivity index (χ0v) is 16.5. The summed E-state index contributed by atoms with van der Waals surface area (Å²) < 4.78 is 17.2. The van der Waals surface area contributed by atoms with Crippen LogP contribution in [0.3, 0.4) is 0 Å². The van der Waals surface area contributed by atoms with E-state index >= 15 is 0 Å². The summed E-state index contributed by atoms with van der Waals surface area (Å²) in [6, 6.07) is 9.70. The van der Waals surface area contributed by atoms with Crippen LogP contribution in [0, 0.1) is 0 Å². The Morgan fingerprint density at radius 3 is 2.86 bits per heavy atom. The molecule has 1 aromatic heterocycles. The van der Waals surface area contributed by atoms with Crippen molar-refractivity contribution < 1.29 is 14.2 Å². The van der Waals surface area contributed by atoms with E-state index in [2.05, 4.69) is 27.5 Å². The number of aromatic nitrogens is 1. The molecule has 7 heteroatoms. The van der Waals surface area contributed by atoms with Crippen molar-refractivity contribution in [1.29, 1.82) is 0 Å². The number of hydrogen-bond acceptors (Lipinski definition) is 5. The van der Waals surface area contributed by atoms with Crippen molar-refractivity contribution in [3.63, 3.8) is 0 Å². The highest BCUT2D eigenvalue weighted by Crippen LogP contribution is 2.32. The molecule has 0 amide bonds. The smallest absolute Gasteiger partial charge is 0.218 e. The quantitative estimate of drug-likeness (QED) is 0.561. The summed E-state index contributed by atoms with van der Waals surface area (Å²) in [7, 11) is 0. The Bertz CT molecular complexity index is 795. The molecule has 2 heterocycles. The molecule has 0 bridgehead atoms. The number of pyridine rings is 1. The standard InChI is InChI=1S/C21H28N4O3/c1-3-11-28-20-16(7-5-10-23-20)15-24-21(22-4-2)25-17-8-9-18-19(14-17)27-13-6-12-26-18/h5,7-10,14H,3-4,6,11-13,15H2,1-2H3,(H2,22,24,25). The summed E-state index contributed by atoms with van der Waals surface area (Å²) in [4.78, 5) is 9.00. The van der Waals surface area contributed by atoms with Gasteiger partial charge in [0.1, 0.15) is 0 Å². The van der Waals surface area contributed by atoms with E-state index in [4.69, 9.17) is 14.2 Å². The molecule has 0 saturated carbocycles. The number of guanidine groups is 1. The first kappa shape index (κ1) is 19.8. The Hall–Kier alpha value is -2.96. The highest BCUT2D eigenvalue weighted by atomic mass is 16.5. The Kier molecular flexibility index (Phi) is 7.35. The van der Waals surface area contributed by atoms with Gasteiger partial charge in [0.25, 0.3) is 0 Å². The van der Waals surface area contributed by atoms with Crippen LogP contribution >= 0.6 is 0 Å². The summed E-state index contributed by atoms with van der Waals surface area (Å²) in [6.07, 6.45) is 3.56. The average molecular weight is 384 g/mol. The minimum Gasteiger partial charge on any atom is -0.490 e. The molecule has 0 spiro atoms. The maximum atomic E-state index is 5.76. The number of rotatable bonds is 7. The number of aliphatic imine (C=N–C) groups is 1. The van der Waals surface area contributed by atoms with Crippen LogP contribution in [0.15, 0.2) is 41.5 Å². The third-order valence-corrected chi connectivity index (χ3v) is 4.05. The zero-order valence-electron chi connectivity index (χ0n) is 16.5. The summed E-state index contributed by atoms with van der Waals surface area (Å²) in [6.45, 7) is 7.30. The third kappa shape index (κ3) is 5.52. The molecule has 0 unspecified atom stereocenters. The van der Waals surface area contributed by atoms with Gasteiger partial charge in [0, 0.05) is 36.5 Å². The first-order valence-corrected chi connectivity index (χ1v) is 9.81. The lowest BCUT2D eigenvalue weighted by Gasteiger charge is -2.14. The Morgan fingerprint density at radius 1 is 1.18 bits per heavy atom. The van der Waals surface area contributed by atoms with Crippen LogP contribution in [-0.2, 0) is 6.54 Å². The zero-order chi connectivity index (χ0) is 19.6. The number of anilines is 1. The van der Waals surface area contributed by atoms with Gasteiger partial charge in [-0.15, -0.1) is 0 Å². The van der Waals surface area contributed by atoms with Gasteiger partial charge in [-0.2, -0.15) is 0 Å². The van der Waals surface area contributed by atoms with E-state index in [1.54, 1.807) is 6.20 Å². The van der Waals surface area contributed by atoms with E-state index < -0.39 is 0 Å². The predicted octanol–water partition coefficient (Wildman–Crippen LogP) is 3.61. The second-order valence-corrected chi connectivity index (χ2v) is 6.35. The summed E-state index contributed by atoms with van der Waals surface area (Å²) in [5, 5.41) is 6.59. The monoisotopic (exact) mass is 384 g/mol. The minimum absolute atomic E-state index is 0.465. The topological polar surface area (TPSA) is 77.0 Å². The molecule has 1 aromatic carbocycles. The molecule has 2 N–H and O–H groups in total. The number of benzene rings is 1. The van der Waals surface area contributed by atoms with Gasteiger partial charge in [0.05, 0.1) is 26.4 Å². The second kappa shape index (κ2) is 10.4. The van der Waals surface area contributed by atoms with E-state index in [1.807, 2.05) is 37.3 Å². The Balaban J connectivity index is 1.72. The molecule has 2 aromatic rings. The van der Waals surface area contributed by atoms with Crippen LogP contribution in [0.1, 0.15) is 32.3 Å². The summed E-state index contributed by atoms with van der Waals surface area (Å²) >= 11 is 0. The van der Waals surface area contributed by atoms with Gasteiger partial charge in [0.2, 0.25) is 5.88 Å². The van der Waals surface area contributed by atoms with Crippen LogP contribution in [0.25, 0.3) is 0 Å². The van der Waals surface area contributed by atoms with Gasteiger partial charge >= 0.3 is 0 Å². The fourth-order valence-electron chi connectivity index (χ4n) is 2.72. The Morgan fingerprint density at radius 2 is 2.04 bits per heavy atom. The average Bonchev–Trinajstić information content (AvgIpc) is 2.96. The molecular formula is C21H28N4O3. The number of ether oxygens (including phenoxy) is 3. The lowest BCUT2D eigenvalue weighted by molar-refractivity contribution is 0.297. The predicted molar refractivity (Wildman–Crippen MR) is 111 cm³/mol. The minimum atomic E-state index is 0.465. The lowest BCUT2D eigenvalue weighted by atomic mass is 10.2. The maximum Gasteiger partial charge on any atom is 0.218 e. The van der Waals surface area contributed by atoms with E-state index in [-0.39, 0.29) is 0 Å². The fraction of sp³-hybridized carbons (Fsp3) is 0.429. The summed E-state index contributed by atoms with van der Waals surface area (Å²) in [5.41, 5.74) is 1.84. The molecule has 28 heavy (non-hydrogen) atoms. The van der Waals surface area contributed by atoms with Crippen molar-refractivity contribution in [2.24, 2.45) is 4.99 Å². The fourth-order valence-corrected chi connectivity index (χ4v) is 2.72. The van der Waals surface area contributed by atoms with Gasteiger partial charge < -0.3 is 24.8 Å². The molecule has 7 nitrogen and oxygen atoms in total. The first-order chi connectivity index (χ1) is 13.8. The van der Waals surface area contributed by atoms with Crippen LogP contribution < -0.4 is 24.8 Å². The van der Waals surface area contributed by atoms with Gasteiger partial charge in [-0.05, 0) is 31.5 Å². The number of fused-ring (bicyclic) bond motifs is 1. The summed E-state index contributed by atoms with van der Waals surface area (Å²) in [5.74, 6) is 2.85. The lowest BCUT2D eigenvalue weighted by Crippen LogP contribution is -2.30. The van der Waals surface area contributed by atoms with Crippen molar-refractivity contribution in [2.75, 3.05) is 31.7 Å². The molecule has 0 aliphatic carbocycles. The van der Waals surface area contributed by atoms with Crippen molar-refractivity contribution in [3.05, 3.63) is 42.1 Å². The second-order valence-electron chi connectivity index (χ2n) is 6.35. The number of hydrogen-bond donors (Lipinski definition) is 2. The van der Waals surface area contributed by atoms with Crippen LogP contribution in [0.4, 0.5) is 5.69 Å². The van der Waals surface area contributed by atoms with Crippen LogP contribution in [0.5, 0.6) is 17.4 Å². The SMILES string of the molecule is CCCOc1ncccc1CN=C(NCC)Nc1ccc2c(c1)OCCCO2. The number of nitrogens with one attached hydrogen (secondary N) is 2. The molecule has 0 fully saturated rings. The van der Waals surface area contributed by atoms with Gasteiger partial charge in [-0.25, -0.2) is 9.98 Å². The molecule has 0 radical (unpaired) electrons. The van der Waals surface area contributed by atoms with Crippen molar-refractivity contribution in [3.8, 4) is 17.4 Å². The van der Waals surface area contributed by atoms with Gasteiger partial charge in [-0.1, -0.05) is 13.0 Å². The van der Waals surface area contributed by atoms with Crippen molar-refractivity contribution in [1.82, 2.24) is 10.3 Å². The number of nitrogens with zero attached hydrogens (tertiary/aromatic N) is 2. The molecule has 150 valence electrons. The largest absolute Gasteiger partial charge is 0.490 e. The third-order valence-electron chi connectivity index (χ3n) is 4.05. The van der Waals surface area contributed by atoms with Gasteiger partial charge in [-0.3, -0.25) is 0 Å². The Labute approximate surface area is 166 Å². The maximum absolute atomic E-state index is 5.76. The van der Waals surface area contributed by atoms with Gasteiger partial charge in [0.15, 0.2) is 17.5 Å². The van der Waals surface area contributed by atoms with Crippen LogP contribution in [-0.4, -0.2) is 37.3 Å². The van der Waals surface area contributed by atoms with Crippen molar-refractivity contribution >= 4 is 11.6 Å². The molecule has 0 atom stereocenters. The molecule has 1 aliphatic heterocycles.